The SMILES string of the molecule is O=C1CN(Sc2ccc(C(F)(F)F)cc2)C(C2CC2)c2cn[nH]c21. The first-order valence-electron chi connectivity index (χ1n) is 7.62. The summed E-state index contributed by atoms with van der Waals surface area (Å²) in [6.45, 7) is 0.224. The summed E-state index contributed by atoms with van der Waals surface area (Å²) in [5.74, 6) is 0.426. The second-order valence-electron chi connectivity index (χ2n) is 6.09. The van der Waals surface area contributed by atoms with Crippen molar-refractivity contribution < 1.29 is 18.0 Å². The fourth-order valence-corrected chi connectivity index (χ4v) is 4.16. The molecule has 0 bridgehead atoms. The number of ketones is 1. The third-order valence-electron chi connectivity index (χ3n) is 4.35. The minimum absolute atomic E-state index is 0.0428. The summed E-state index contributed by atoms with van der Waals surface area (Å²) in [6.07, 6.45) is -0.469. The van der Waals surface area contributed by atoms with Gasteiger partial charge in [0, 0.05) is 10.5 Å². The molecule has 1 aliphatic carbocycles. The van der Waals surface area contributed by atoms with Crippen molar-refractivity contribution in [1.82, 2.24) is 14.5 Å². The molecule has 1 aromatic heterocycles. The summed E-state index contributed by atoms with van der Waals surface area (Å²) in [4.78, 5) is 12.9. The number of alkyl halides is 3. The zero-order valence-corrected chi connectivity index (χ0v) is 13.3. The number of H-pyrrole nitrogens is 1. The van der Waals surface area contributed by atoms with E-state index in [0.717, 1.165) is 30.5 Å². The van der Waals surface area contributed by atoms with Crippen LogP contribution in [0.15, 0.2) is 35.4 Å². The Bertz CT molecular complexity index is 768. The molecule has 4 nitrogen and oxygen atoms in total. The molecule has 0 amide bonds. The predicted molar refractivity (Wildman–Crippen MR) is 82.4 cm³/mol. The van der Waals surface area contributed by atoms with Crippen molar-refractivity contribution in [2.75, 3.05) is 6.54 Å². The zero-order valence-electron chi connectivity index (χ0n) is 12.5. The van der Waals surface area contributed by atoms with E-state index in [2.05, 4.69) is 10.2 Å². The average molecular weight is 353 g/mol. The van der Waals surface area contributed by atoms with E-state index in [-0.39, 0.29) is 18.4 Å². The van der Waals surface area contributed by atoms with E-state index in [0.29, 0.717) is 16.5 Å². The van der Waals surface area contributed by atoms with Crippen molar-refractivity contribution in [1.29, 1.82) is 0 Å². The first-order valence-corrected chi connectivity index (χ1v) is 8.39. The van der Waals surface area contributed by atoms with E-state index in [1.807, 2.05) is 4.31 Å². The molecule has 2 aliphatic rings. The standard InChI is InChI=1S/C16H14F3N3OS/c17-16(18,19)10-3-5-11(6-4-10)24-22-8-13(23)14-12(7-20-21-14)15(22)9-1-2-9/h3-7,9,15H,1-2,8H2,(H,20,21). The van der Waals surface area contributed by atoms with Crippen LogP contribution >= 0.6 is 11.9 Å². The van der Waals surface area contributed by atoms with Crippen molar-refractivity contribution in [3.05, 3.63) is 47.3 Å². The third kappa shape index (κ3) is 2.84. The fourth-order valence-electron chi connectivity index (χ4n) is 3.05. The van der Waals surface area contributed by atoms with Gasteiger partial charge in [0.25, 0.3) is 0 Å². The van der Waals surface area contributed by atoms with Gasteiger partial charge >= 0.3 is 6.18 Å². The van der Waals surface area contributed by atoms with Crippen molar-refractivity contribution in [2.45, 2.75) is 30.0 Å². The number of benzene rings is 1. The van der Waals surface area contributed by atoms with Crippen molar-refractivity contribution in [3.8, 4) is 0 Å². The van der Waals surface area contributed by atoms with E-state index >= 15 is 0 Å². The Balaban J connectivity index is 1.58. The summed E-state index contributed by atoms with van der Waals surface area (Å²) in [5.41, 5.74) is 0.793. The quantitative estimate of drug-likeness (QED) is 0.845. The number of fused-ring (bicyclic) bond motifs is 1. The summed E-state index contributed by atoms with van der Waals surface area (Å²) in [5, 5.41) is 6.76. The lowest BCUT2D eigenvalue weighted by atomic mass is 9.97. The van der Waals surface area contributed by atoms with Gasteiger partial charge in [0.1, 0.15) is 5.69 Å². The number of Topliss-reactive ketones (excluding diaryl/α,β-unsaturated/α-hetero) is 1. The minimum atomic E-state index is -4.34. The number of carbonyl (C=O) groups is 1. The topological polar surface area (TPSA) is 49.0 Å². The van der Waals surface area contributed by atoms with Crippen LogP contribution in [0.25, 0.3) is 0 Å². The van der Waals surface area contributed by atoms with Gasteiger partial charge in [-0.1, -0.05) is 0 Å². The third-order valence-corrected chi connectivity index (χ3v) is 5.42. The summed E-state index contributed by atoms with van der Waals surface area (Å²) >= 11 is 1.33. The number of aromatic amines is 1. The highest BCUT2D eigenvalue weighted by molar-refractivity contribution is 7.97. The van der Waals surface area contributed by atoms with Crippen LogP contribution in [-0.2, 0) is 6.18 Å². The van der Waals surface area contributed by atoms with E-state index in [9.17, 15) is 18.0 Å². The Morgan fingerprint density at radius 2 is 1.92 bits per heavy atom. The molecule has 126 valence electrons. The maximum absolute atomic E-state index is 12.7. The fraction of sp³-hybridized carbons (Fsp3) is 0.375. The molecular formula is C16H14F3N3OS. The molecule has 2 heterocycles. The van der Waals surface area contributed by atoms with Gasteiger partial charge in [-0.15, -0.1) is 0 Å². The summed E-state index contributed by atoms with van der Waals surface area (Å²) in [7, 11) is 0. The van der Waals surface area contributed by atoms with Crippen LogP contribution < -0.4 is 0 Å². The predicted octanol–water partition coefficient (Wildman–Crippen LogP) is 4.09. The molecule has 0 saturated heterocycles. The number of rotatable bonds is 3. The first-order chi connectivity index (χ1) is 11.4. The van der Waals surface area contributed by atoms with E-state index in [1.165, 1.54) is 24.1 Å². The lowest BCUT2D eigenvalue weighted by Gasteiger charge is -2.33. The van der Waals surface area contributed by atoms with Crippen LogP contribution in [0, 0.1) is 5.92 Å². The Kier molecular flexibility index (Phi) is 3.69. The van der Waals surface area contributed by atoms with Crippen molar-refractivity contribution in [2.24, 2.45) is 5.92 Å². The van der Waals surface area contributed by atoms with Gasteiger partial charge in [-0.2, -0.15) is 18.3 Å². The second-order valence-corrected chi connectivity index (χ2v) is 7.22. The average Bonchev–Trinajstić information content (AvgIpc) is 3.22. The number of carbonyl (C=O) groups excluding carboxylic acids is 1. The van der Waals surface area contributed by atoms with Crippen LogP contribution in [0.5, 0.6) is 0 Å². The number of nitrogens with zero attached hydrogens (tertiary/aromatic N) is 2. The smallest absolute Gasteiger partial charge is 0.291 e. The number of nitrogens with one attached hydrogen (secondary N) is 1. The maximum Gasteiger partial charge on any atom is 0.416 e. The monoisotopic (exact) mass is 353 g/mol. The Morgan fingerprint density at radius 1 is 1.21 bits per heavy atom. The Labute approximate surface area is 140 Å². The van der Waals surface area contributed by atoms with Gasteiger partial charge in [0.2, 0.25) is 0 Å². The number of halogens is 3. The van der Waals surface area contributed by atoms with Crippen LogP contribution in [-0.4, -0.2) is 26.8 Å². The lowest BCUT2D eigenvalue weighted by Crippen LogP contribution is -2.35. The lowest BCUT2D eigenvalue weighted by molar-refractivity contribution is -0.137. The molecule has 8 heteroatoms. The van der Waals surface area contributed by atoms with Crippen LogP contribution in [0.3, 0.4) is 0 Å². The van der Waals surface area contributed by atoms with Crippen LogP contribution in [0.2, 0.25) is 0 Å². The summed E-state index contributed by atoms with van der Waals surface area (Å²) in [6, 6.07) is 5.12. The normalized spacial score (nSPS) is 21.8. The Hall–Kier alpha value is -1.80. The van der Waals surface area contributed by atoms with Gasteiger partial charge in [-0.3, -0.25) is 9.89 Å². The highest BCUT2D eigenvalue weighted by atomic mass is 32.2. The van der Waals surface area contributed by atoms with Gasteiger partial charge in [0.05, 0.1) is 24.3 Å². The zero-order chi connectivity index (χ0) is 16.9. The van der Waals surface area contributed by atoms with E-state index in [1.54, 1.807) is 6.20 Å². The molecule has 1 aromatic carbocycles. The van der Waals surface area contributed by atoms with Gasteiger partial charge < -0.3 is 0 Å². The number of hydrogen-bond donors (Lipinski definition) is 1. The molecule has 1 saturated carbocycles. The van der Waals surface area contributed by atoms with Gasteiger partial charge in [0.15, 0.2) is 5.78 Å². The van der Waals surface area contributed by atoms with Crippen molar-refractivity contribution >= 4 is 17.7 Å². The van der Waals surface area contributed by atoms with E-state index < -0.39 is 11.7 Å². The first kappa shape index (κ1) is 15.7. The van der Waals surface area contributed by atoms with Crippen LogP contribution in [0.4, 0.5) is 13.2 Å². The second kappa shape index (κ2) is 5.63. The summed E-state index contributed by atoms with van der Waals surface area (Å²) < 4.78 is 40.0. The van der Waals surface area contributed by atoms with Crippen LogP contribution in [0.1, 0.15) is 40.5 Å². The molecular weight excluding hydrogens is 339 g/mol. The molecule has 1 unspecified atom stereocenters. The van der Waals surface area contributed by atoms with Crippen molar-refractivity contribution in [3.63, 3.8) is 0 Å². The molecule has 1 fully saturated rings. The maximum atomic E-state index is 12.7. The number of aromatic nitrogens is 2. The Morgan fingerprint density at radius 3 is 2.54 bits per heavy atom. The molecule has 1 atom stereocenters. The molecule has 2 aromatic rings. The minimum Gasteiger partial charge on any atom is -0.291 e. The molecule has 0 radical (unpaired) electrons. The molecule has 1 aliphatic heterocycles. The highest BCUT2D eigenvalue weighted by Crippen LogP contribution is 2.50. The van der Waals surface area contributed by atoms with E-state index in [4.69, 9.17) is 0 Å². The highest BCUT2D eigenvalue weighted by Gasteiger charge is 2.43. The largest absolute Gasteiger partial charge is 0.416 e. The molecule has 4 rings (SSSR count). The number of hydrogen-bond acceptors (Lipinski definition) is 4. The molecule has 0 spiro atoms. The van der Waals surface area contributed by atoms with Gasteiger partial charge in [-0.05, 0) is 55.0 Å². The van der Waals surface area contributed by atoms with Gasteiger partial charge in [-0.25, -0.2) is 4.31 Å². The molecule has 1 N–H and O–H groups in total. The molecule has 24 heavy (non-hydrogen) atoms.